The summed E-state index contributed by atoms with van der Waals surface area (Å²) in [6.45, 7) is 7.61. The molecule has 0 atom stereocenters. The Morgan fingerprint density at radius 2 is 1.94 bits per heavy atom. The van der Waals surface area contributed by atoms with E-state index in [4.69, 9.17) is 16.7 Å². The number of hydrogen-bond acceptors (Lipinski definition) is 5. The van der Waals surface area contributed by atoms with Crippen LogP contribution in [0.25, 0.3) is 16.7 Å². The summed E-state index contributed by atoms with van der Waals surface area (Å²) in [6, 6.07) is 7.99. The third kappa shape index (κ3) is 3.98. The first-order valence-corrected chi connectivity index (χ1v) is 11.5. The molecule has 166 valence electrons. The highest BCUT2D eigenvalue weighted by atomic mass is 35.5. The predicted octanol–water partition coefficient (Wildman–Crippen LogP) is 4.81. The summed E-state index contributed by atoms with van der Waals surface area (Å²) in [5, 5.41) is 9.79. The van der Waals surface area contributed by atoms with Crippen molar-refractivity contribution in [1.29, 1.82) is 0 Å². The number of hydrogen-bond donors (Lipinski definition) is 1. The van der Waals surface area contributed by atoms with Gasteiger partial charge in [0.2, 0.25) is 5.95 Å². The number of anilines is 2. The van der Waals surface area contributed by atoms with Gasteiger partial charge in [0, 0.05) is 54.3 Å². The lowest BCUT2D eigenvalue weighted by molar-refractivity contribution is 0.343. The molecule has 1 aromatic carbocycles. The highest BCUT2D eigenvalue weighted by Crippen LogP contribution is 2.32. The van der Waals surface area contributed by atoms with Crippen LogP contribution in [0.5, 0.6) is 0 Å². The average Bonchev–Trinajstić information content (AvgIpc) is 3.50. The first-order valence-electron chi connectivity index (χ1n) is 11.1. The van der Waals surface area contributed by atoms with Gasteiger partial charge in [-0.05, 0) is 70.0 Å². The lowest BCUT2D eigenvalue weighted by Crippen LogP contribution is -2.22. The van der Waals surface area contributed by atoms with E-state index < -0.39 is 0 Å². The van der Waals surface area contributed by atoms with Crippen LogP contribution in [0.1, 0.15) is 29.8 Å². The lowest BCUT2D eigenvalue weighted by atomic mass is 10.2. The SMILES string of the molecule is Cc1nn(-c2ccnc(Nc3ccc4c(c3)c(Cl)c(C)n4C)n2)cc1CCN1CCCC1. The van der Waals surface area contributed by atoms with Gasteiger partial charge >= 0.3 is 0 Å². The summed E-state index contributed by atoms with van der Waals surface area (Å²) in [5.74, 6) is 1.27. The van der Waals surface area contributed by atoms with E-state index in [1.54, 1.807) is 6.20 Å². The summed E-state index contributed by atoms with van der Waals surface area (Å²) in [6.07, 6.45) is 7.50. The van der Waals surface area contributed by atoms with E-state index in [2.05, 4.69) is 43.9 Å². The average molecular weight is 450 g/mol. The molecule has 1 fully saturated rings. The monoisotopic (exact) mass is 449 g/mol. The molecule has 0 radical (unpaired) electrons. The Hall–Kier alpha value is -2.90. The first-order chi connectivity index (χ1) is 15.5. The number of halogens is 1. The third-order valence-electron chi connectivity index (χ3n) is 6.44. The first kappa shape index (κ1) is 21.0. The second kappa shape index (κ2) is 8.56. The molecule has 1 N–H and O–H groups in total. The molecule has 0 bridgehead atoms. The summed E-state index contributed by atoms with van der Waals surface area (Å²) < 4.78 is 3.95. The van der Waals surface area contributed by atoms with E-state index in [9.17, 15) is 0 Å². The van der Waals surface area contributed by atoms with Crippen molar-refractivity contribution in [3.8, 4) is 5.82 Å². The Labute approximate surface area is 193 Å². The van der Waals surface area contributed by atoms with Crippen molar-refractivity contribution in [3.63, 3.8) is 0 Å². The summed E-state index contributed by atoms with van der Waals surface area (Å²) >= 11 is 6.52. The Bertz CT molecular complexity index is 1270. The Morgan fingerprint density at radius 1 is 1.12 bits per heavy atom. The molecule has 1 aliphatic rings. The fourth-order valence-corrected chi connectivity index (χ4v) is 4.69. The Kier molecular flexibility index (Phi) is 5.61. The van der Waals surface area contributed by atoms with Crippen molar-refractivity contribution in [1.82, 2.24) is 29.2 Å². The Balaban J connectivity index is 1.35. The van der Waals surface area contributed by atoms with Gasteiger partial charge in [-0.2, -0.15) is 10.1 Å². The second-order valence-electron chi connectivity index (χ2n) is 8.54. The molecule has 4 aromatic rings. The van der Waals surface area contributed by atoms with Crippen LogP contribution >= 0.6 is 11.6 Å². The molecule has 7 nitrogen and oxygen atoms in total. The minimum atomic E-state index is 0.525. The number of nitrogens with one attached hydrogen (secondary N) is 1. The summed E-state index contributed by atoms with van der Waals surface area (Å²) in [7, 11) is 2.02. The molecular formula is C24H28ClN7. The molecule has 1 aliphatic heterocycles. The van der Waals surface area contributed by atoms with Gasteiger partial charge in [0.05, 0.1) is 10.7 Å². The molecule has 4 heterocycles. The molecule has 0 saturated carbocycles. The summed E-state index contributed by atoms with van der Waals surface area (Å²) in [4.78, 5) is 11.6. The second-order valence-corrected chi connectivity index (χ2v) is 8.91. The van der Waals surface area contributed by atoms with Gasteiger partial charge in [-0.3, -0.25) is 0 Å². The van der Waals surface area contributed by atoms with Crippen LogP contribution in [0.4, 0.5) is 11.6 Å². The number of aromatic nitrogens is 5. The lowest BCUT2D eigenvalue weighted by Gasteiger charge is -2.13. The standard InChI is InChI=1S/C24H28ClN7/c1-16-18(9-13-31-11-4-5-12-31)15-32(29-16)22-8-10-26-24(28-22)27-19-6-7-21-20(14-19)23(25)17(2)30(21)3/h6-8,10,14-15H,4-5,9,11-13H2,1-3H3,(H,26,27,28). The van der Waals surface area contributed by atoms with Gasteiger partial charge in [-0.15, -0.1) is 0 Å². The molecule has 32 heavy (non-hydrogen) atoms. The van der Waals surface area contributed by atoms with Crippen LogP contribution in [-0.2, 0) is 13.5 Å². The van der Waals surface area contributed by atoms with Crippen molar-refractivity contribution in [2.75, 3.05) is 25.0 Å². The van der Waals surface area contributed by atoms with Crippen molar-refractivity contribution >= 4 is 34.1 Å². The van der Waals surface area contributed by atoms with E-state index in [1.807, 2.05) is 36.9 Å². The highest BCUT2D eigenvalue weighted by molar-refractivity contribution is 6.36. The van der Waals surface area contributed by atoms with E-state index >= 15 is 0 Å². The maximum Gasteiger partial charge on any atom is 0.229 e. The fourth-order valence-electron chi connectivity index (χ4n) is 4.41. The largest absolute Gasteiger partial charge is 0.346 e. The van der Waals surface area contributed by atoms with Crippen LogP contribution in [0.3, 0.4) is 0 Å². The molecule has 8 heteroatoms. The van der Waals surface area contributed by atoms with E-state index in [0.29, 0.717) is 5.95 Å². The highest BCUT2D eigenvalue weighted by Gasteiger charge is 2.14. The zero-order chi connectivity index (χ0) is 22.2. The van der Waals surface area contributed by atoms with Gasteiger partial charge in [0.15, 0.2) is 5.82 Å². The van der Waals surface area contributed by atoms with Gasteiger partial charge in [0.25, 0.3) is 0 Å². The molecule has 0 aliphatic carbocycles. The predicted molar refractivity (Wildman–Crippen MR) is 129 cm³/mol. The van der Waals surface area contributed by atoms with E-state index in [1.165, 1.54) is 31.5 Å². The van der Waals surface area contributed by atoms with Gasteiger partial charge in [0.1, 0.15) is 0 Å². The number of benzene rings is 1. The van der Waals surface area contributed by atoms with Crippen molar-refractivity contribution < 1.29 is 0 Å². The van der Waals surface area contributed by atoms with Crippen LogP contribution in [0.2, 0.25) is 5.02 Å². The zero-order valence-corrected chi connectivity index (χ0v) is 19.5. The smallest absolute Gasteiger partial charge is 0.229 e. The van der Waals surface area contributed by atoms with E-state index in [0.717, 1.165) is 51.8 Å². The minimum absolute atomic E-state index is 0.525. The fraction of sp³-hybridized carbons (Fsp3) is 0.375. The summed E-state index contributed by atoms with van der Waals surface area (Å²) in [5.41, 5.74) is 5.36. The number of rotatable bonds is 6. The molecule has 5 rings (SSSR count). The maximum atomic E-state index is 6.52. The molecule has 0 unspecified atom stereocenters. The number of fused-ring (bicyclic) bond motifs is 1. The van der Waals surface area contributed by atoms with Crippen LogP contribution < -0.4 is 5.32 Å². The molecule has 3 aromatic heterocycles. The van der Waals surface area contributed by atoms with Crippen molar-refractivity contribution in [2.45, 2.75) is 33.1 Å². The maximum absolute atomic E-state index is 6.52. The molecule has 0 amide bonds. The topological polar surface area (TPSA) is 63.8 Å². The van der Waals surface area contributed by atoms with Gasteiger partial charge in [-0.1, -0.05) is 11.6 Å². The van der Waals surface area contributed by atoms with Crippen LogP contribution in [0, 0.1) is 13.8 Å². The molecule has 1 saturated heterocycles. The van der Waals surface area contributed by atoms with Crippen molar-refractivity contribution in [2.24, 2.45) is 7.05 Å². The molecular weight excluding hydrogens is 422 g/mol. The van der Waals surface area contributed by atoms with Gasteiger partial charge in [-0.25, -0.2) is 9.67 Å². The van der Waals surface area contributed by atoms with Gasteiger partial charge < -0.3 is 14.8 Å². The Morgan fingerprint density at radius 3 is 2.75 bits per heavy atom. The van der Waals surface area contributed by atoms with Crippen LogP contribution in [0.15, 0.2) is 36.7 Å². The zero-order valence-electron chi connectivity index (χ0n) is 18.8. The molecule has 0 spiro atoms. The van der Waals surface area contributed by atoms with Crippen LogP contribution in [-0.4, -0.2) is 48.8 Å². The van der Waals surface area contributed by atoms with E-state index in [-0.39, 0.29) is 0 Å². The quantitative estimate of drug-likeness (QED) is 0.457. The number of nitrogens with zero attached hydrogens (tertiary/aromatic N) is 6. The number of aryl methyl sites for hydroxylation is 2. The third-order valence-corrected chi connectivity index (χ3v) is 6.92. The number of likely N-dealkylation sites (tertiary alicyclic amines) is 1. The van der Waals surface area contributed by atoms with Crippen molar-refractivity contribution in [3.05, 3.63) is 58.6 Å². The minimum Gasteiger partial charge on any atom is -0.346 e. The normalized spacial score (nSPS) is 14.5.